The van der Waals surface area contributed by atoms with Crippen LogP contribution in [0.4, 0.5) is 5.69 Å². The number of para-hydroxylation sites is 1. The second-order valence-electron chi connectivity index (χ2n) is 6.90. The zero-order valence-corrected chi connectivity index (χ0v) is 16.8. The molecule has 0 aliphatic carbocycles. The maximum absolute atomic E-state index is 13.3. The Kier molecular flexibility index (Phi) is 4.91. The van der Waals surface area contributed by atoms with Crippen LogP contribution in [0.25, 0.3) is 17.1 Å². The molecule has 1 saturated heterocycles. The van der Waals surface area contributed by atoms with Gasteiger partial charge >= 0.3 is 0 Å². The highest BCUT2D eigenvalue weighted by molar-refractivity contribution is 8.18. The summed E-state index contributed by atoms with van der Waals surface area (Å²) in [5, 5.41) is 0.683. The normalized spacial score (nSPS) is 16.8. The van der Waals surface area contributed by atoms with E-state index >= 15 is 0 Å². The number of hydrogen-bond donors (Lipinski definition) is 1. The van der Waals surface area contributed by atoms with Gasteiger partial charge < -0.3 is 4.98 Å². The number of fused-ring (bicyclic) bond motifs is 1. The number of nitrogens with one attached hydrogen (secondary N) is 1. The Balaban J connectivity index is 1.51. The highest BCUT2D eigenvalue weighted by Crippen LogP contribution is 2.35. The first-order chi connectivity index (χ1) is 14.8. The molecule has 6 heteroatoms. The molecular weight excluding hydrogens is 392 g/mol. The maximum Gasteiger partial charge on any atom is 0.267 e. The summed E-state index contributed by atoms with van der Waals surface area (Å²) in [6.07, 6.45) is 3.58. The predicted molar refractivity (Wildman–Crippen MR) is 122 cm³/mol. The van der Waals surface area contributed by atoms with Gasteiger partial charge in [-0.05, 0) is 53.2 Å². The van der Waals surface area contributed by atoms with Crippen molar-refractivity contribution in [1.29, 1.82) is 0 Å². The summed E-state index contributed by atoms with van der Waals surface area (Å²) in [5.41, 5.74) is 4.67. The minimum absolute atomic E-state index is 0.0411. The fourth-order valence-corrected chi connectivity index (χ4v) is 4.30. The molecule has 4 aromatic rings. The summed E-state index contributed by atoms with van der Waals surface area (Å²) in [7, 11) is 0. The highest BCUT2D eigenvalue weighted by atomic mass is 32.2. The molecule has 2 heterocycles. The summed E-state index contributed by atoms with van der Waals surface area (Å²) in [6, 6.07) is 25.6. The van der Waals surface area contributed by atoms with Crippen molar-refractivity contribution in [2.75, 3.05) is 0 Å². The van der Waals surface area contributed by atoms with Crippen LogP contribution >= 0.6 is 11.8 Å². The molecule has 1 fully saturated rings. The number of amidine groups is 1. The van der Waals surface area contributed by atoms with Gasteiger partial charge in [0.15, 0.2) is 5.17 Å². The SMILES string of the molecule is O=C1/C(=C/c2ccc3[nH]cnc3c2)S/C(=N\c2ccccc2)N1Cc1ccccc1. The topological polar surface area (TPSA) is 61.4 Å². The molecular formula is C24H18N4OS. The van der Waals surface area contributed by atoms with E-state index in [0.717, 1.165) is 27.8 Å². The van der Waals surface area contributed by atoms with Crippen LogP contribution in [0.3, 0.4) is 0 Å². The first-order valence-corrected chi connectivity index (χ1v) is 10.4. The van der Waals surface area contributed by atoms with Crippen molar-refractivity contribution in [1.82, 2.24) is 14.9 Å². The third kappa shape index (κ3) is 3.77. The van der Waals surface area contributed by atoms with Crippen LogP contribution in [0.5, 0.6) is 0 Å². The van der Waals surface area contributed by atoms with Crippen LogP contribution in [0.15, 0.2) is 95.1 Å². The Labute approximate surface area is 178 Å². The van der Waals surface area contributed by atoms with Gasteiger partial charge in [-0.25, -0.2) is 9.98 Å². The zero-order valence-electron chi connectivity index (χ0n) is 16.0. The van der Waals surface area contributed by atoms with E-state index < -0.39 is 0 Å². The summed E-state index contributed by atoms with van der Waals surface area (Å²) in [5.74, 6) is -0.0411. The quantitative estimate of drug-likeness (QED) is 0.460. The molecule has 5 rings (SSSR count). The maximum atomic E-state index is 13.3. The van der Waals surface area contributed by atoms with Gasteiger partial charge in [-0.15, -0.1) is 0 Å². The molecule has 146 valence electrons. The Morgan fingerprint density at radius 2 is 1.77 bits per heavy atom. The molecule has 1 aromatic heterocycles. The van der Waals surface area contributed by atoms with Gasteiger partial charge in [-0.1, -0.05) is 54.6 Å². The van der Waals surface area contributed by atoms with Crippen LogP contribution in [0, 0.1) is 0 Å². The molecule has 0 bridgehead atoms. The number of hydrogen-bond acceptors (Lipinski definition) is 4. The lowest BCUT2D eigenvalue weighted by molar-refractivity contribution is -0.122. The predicted octanol–water partition coefficient (Wildman–Crippen LogP) is 5.37. The van der Waals surface area contributed by atoms with Gasteiger partial charge in [0.05, 0.1) is 34.5 Å². The van der Waals surface area contributed by atoms with Crippen molar-refractivity contribution in [3.63, 3.8) is 0 Å². The van der Waals surface area contributed by atoms with Crippen molar-refractivity contribution in [3.05, 3.63) is 101 Å². The fourth-order valence-electron chi connectivity index (χ4n) is 3.30. The summed E-state index contributed by atoms with van der Waals surface area (Å²) in [4.78, 5) is 27.8. The lowest BCUT2D eigenvalue weighted by atomic mass is 10.2. The van der Waals surface area contributed by atoms with Crippen LogP contribution in [0.2, 0.25) is 0 Å². The van der Waals surface area contributed by atoms with Gasteiger partial charge in [0.1, 0.15) is 0 Å². The van der Waals surface area contributed by atoms with Crippen molar-refractivity contribution in [2.24, 2.45) is 4.99 Å². The Morgan fingerprint density at radius 1 is 1.00 bits per heavy atom. The van der Waals surface area contributed by atoms with E-state index in [1.807, 2.05) is 84.9 Å². The van der Waals surface area contributed by atoms with Crippen molar-refractivity contribution in [2.45, 2.75) is 6.54 Å². The van der Waals surface area contributed by atoms with Crippen molar-refractivity contribution >= 4 is 45.6 Å². The van der Waals surface area contributed by atoms with Gasteiger partial charge in [0.25, 0.3) is 5.91 Å². The largest absolute Gasteiger partial charge is 0.345 e. The van der Waals surface area contributed by atoms with Gasteiger partial charge in [-0.2, -0.15) is 0 Å². The lowest BCUT2D eigenvalue weighted by Gasteiger charge is -2.15. The van der Waals surface area contributed by atoms with Crippen LogP contribution in [0.1, 0.15) is 11.1 Å². The standard InChI is InChI=1S/C24H18N4OS/c29-23-22(14-18-11-12-20-21(13-18)26-16-25-20)30-24(27-19-9-5-2-6-10-19)28(23)15-17-7-3-1-4-8-17/h1-14,16H,15H2,(H,25,26)/b22-14-,27-24-. The number of carbonyl (C=O) groups excluding carboxylic acids is 1. The first kappa shape index (κ1) is 18.4. The van der Waals surface area contributed by atoms with Gasteiger partial charge in [0, 0.05) is 0 Å². The number of thioether (sulfide) groups is 1. The lowest BCUT2D eigenvalue weighted by Crippen LogP contribution is -2.28. The average molecular weight is 411 g/mol. The molecule has 1 aliphatic rings. The Bertz CT molecular complexity index is 1260. The number of nitrogens with zero attached hydrogens (tertiary/aromatic N) is 3. The van der Waals surface area contributed by atoms with E-state index in [1.54, 1.807) is 11.2 Å². The monoisotopic (exact) mass is 410 g/mol. The van der Waals surface area contributed by atoms with E-state index in [4.69, 9.17) is 4.99 Å². The van der Waals surface area contributed by atoms with Crippen LogP contribution in [-0.4, -0.2) is 25.9 Å². The third-order valence-electron chi connectivity index (χ3n) is 4.80. The minimum atomic E-state index is -0.0411. The molecule has 0 unspecified atom stereocenters. The minimum Gasteiger partial charge on any atom is -0.345 e. The molecule has 0 saturated carbocycles. The average Bonchev–Trinajstić information content (AvgIpc) is 3.35. The van der Waals surface area contributed by atoms with Crippen molar-refractivity contribution < 1.29 is 4.79 Å². The number of imidazole rings is 1. The van der Waals surface area contributed by atoms with Crippen LogP contribution < -0.4 is 0 Å². The molecule has 3 aromatic carbocycles. The van der Waals surface area contributed by atoms with E-state index in [9.17, 15) is 4.79 Å². The number of H-pyrrole nitrogens is 1. The first-order valence-electron chi connectivity index (χ1n) is 9.58. The third-order valence-corrected chi connectivity index (χ3v) is 5.80. The number of aromatic nitrogens is 2. The number of aliphatic imine (C=N–C) groups is 1. The van der Waals surface area contributed by atoms with Crippen LogP contribution in [-0.2, 0) is 11.3 Å². The Hall–Kier alpha value is -3.64. The second kappa shape index (κ2) is 8.00. The zero-order chi connectivity index (χ0) is 20.3. The molecule has 1 amide bonds. The van der Waals surface area contributed by atoms with E-state index in [1.165, 1.54) is 11.8 Å². The molecule has 1 aliphatic heterocycles. The van der Waals surface area contributed by atoms with E-state index in [2.05, 4.69) is 9.97 Å². The van der Waals surface area contributed by atoms with E-state index in [-0.39, 0.29) is 5.91 Å². The Morgan fingerprint density at radius 3 is 2.57 bits per heavy atom. The highest BCUT2D eigenvalue weighted by Gasteiger charge is 2.33. The number of carbonyl (C=O) groups is 1. The van der Waals surface area contributed by atoms with Crippen molar-refractivity contribution in [3.8, 4) is 0 Å². The molecule has 0 radical (unpaired) electrons. The number of amides is 1. The summed E-state index contributed by atoms with van der Waals surface area (Å²) in [6.45, 7) is 0.480. The fraction of sp³-hybridized carbons (Fsp3) is 0.0417. The number of benzene rings is 3. The number of rotatable bonds is 4. The molecule has 0 spiro atoms. The van der Waals surface area contributed by atoms with Gasteiger partial charge in [0.2, 0.25) is 0 Å². The van der Waals surface area contributed by atoms with Gasteiger partial charge in [-0.3, -0.25) is 9.69 Å². The number of aromatic amines is 1. The van der Waals surface area contributed by atoms with E-state index in [0.29, 0.717) is 16.6 Å². The molecule has 1 N–H and O–H groups in total. The molecule has 30 heavy (non-hydrogen) atoms. The summed E-state index contributed by atoms with van der Waals surface area (Å²) < 4.78 is 0. The second-order valence-corrected chi connectivity index (χ2v) is 7.91. The molecule has 0 atom stereocenters. The smallest absolute Gasteiger partial charge is 0.267 e. The summed E-state index contributed by atoms with van der Waals surface area (Å²) >= 11 is 1.40. The molecule has 5 nitrogen and oxygen atoms in total.